The van der Waals surface area contributed by atoms with Gasteiger partial charge < -0.3 is 11.1 Å². The van der Waals surface area contributed by atoms with Crippen LogP contribution in [-0.4, -0.2) is 19.1 Å². The van der Waals surface area contributed by atoms with Crippen molar-refractivity contribution in [3.8, 4) is 0 Å². The van der Waals surface area contributed by atoms with E-state index in [1.165, 1.54) is 18.2 Å². The van der Waals surface area contributed by atoms with Crippen LogP contribution < -0.4 is 11.1 Å². The predicted molar refractivity (Wildman–Crippen MR) is 59.0 cm³/mol. The first-order chi connectivity index (χ1) is 7.72. The third-order valence-corrected chi connectivity index (χ3v) is 3.28. The monoisotopic (exact) mass is 226 g/mol. The summed E-state index contributed by atoms with van der Waals surface area (Å²) in [5.74, 6) is -0.618. The topological polar surface area (TPSA) is 38.0 Å². The van der Waals surface area contributed by atoms with E-state index in [2.05, 4.69) is 5.32 Å². The van der Waals surface area contributed by atoms with Crippen LogP contribution in [-0.2, 0) is 6.42 Å². The van der Waals surface area contributed by atoms with Gasteiger partial charge in [0, 0.05) is 11.6 Å². The van der Waals surface area contributed by atoms with E-state index in [4.69, 9.17) is 5.73 Å². The molecule has 0 bridgehead atoms. The maximum atomic E-state index is 13.4. The normalized spacial score (nSPS) is 24.9. The maximum absolute atomic E-state index is 13.4. The van der Waals surface area contributed by atoms with Gasteiger partial charge in [-0.3, -0.25) is 0 Å². The van der Waals surface area contributed by atoms with Crippen LogP contribution in [0.4, 0.5) is 8.78 Å². The van der Waals surface area contributed by atoms with Gasteiger partial charge in [-0.1, -0.05) is 6.07 Å². The number of rotatable bonds is 3. The van der Waals surface area contributed by atoms with Crippen molar-refractivity contribution in [2.24, 2.45) is 11.7 Å². The van der Waals surface area contributed by atoms with E-state index in [0.717, 1.165) is 13.0 Å². The Kier molecular flexibility index (Phi) is 3.51. The molecular formula is C12H16F2N2. The number of nitrogens with two attached hydrogens (primary N) is 1. The molecule has 0 radical (unpaired) electrons. The van der Waals surface area contributed by atoms with Crippen LogP contribution in [0, 0.1) is 17.6 Å². The largest absolute Gasteiger partial charge is 0.330 e. The van der Waals surface area contributed by atoms with Crippen LogP contribution in [0.25, 0.3) is 0 Å². The molecule has 2 unspecified atom stereocenters. The minimum absolute atomic E-state index is 0.0939. The number of benzene rings is 1. The van der Waals surface area contributed by atoms with Crippen molar-refractivity contribution in [1.82, 2.24) is 5.32 Å². The van der Waals surface area contributed by atoms with Crippen molar-refractivity contribution < 1.29 is 8.78 Å². The van der Waals surface area contributed by atoms with E-state index in [0.29, 0.717) is 18.9 Å². The van der Waals surface area contributed by atoms with Crippen LogP contribution in [0.2, 0.25) is 0 Å². The van der Waals surface area contributed by atoms with Crippen molar-refractivity contribution in [3.63, 3.8) is 0 Å². The van der Waals surface area contributed by atoms with Crippen molar-refractivity contribution in [2.45, 2.75) is 18.9 Å². The highest BCUT2D eigenvalue weighted by Crippen LogP contribution is 2.21. The minimum atomic E-state index is -0.468. The number of hydrogen-bond donors (Lipinski definition) is 2. The Morgan fingerprint density at radius 2 is 2.00 bits per heavy atom. The second kappa shape index (κ2) is 4.89. The van der Waals surface area contributed by atoms with Crippen LogP contribution >= 0.6 is 0 Å². The van der Waals surface area contributed by atoms with E-state index in [1.807, 2.05) is 0 Å². The number of hydrogen-bond acceptors (Lipinski definition) is 2. The summed E-state index contributed by atoms with van der Waals surface area (Å²) in [6.45, 7) is 1.44. The average molecular weight is 226 g/mol. The molecule has 88 valence electrons. The fourth-order valence-corrected chi connectivity index (χ4v) is 2.29. The summed E-state index contributed by atoms with van der Waals surface area (Å²) in [4.78, 5) is 0. The van der Waals surface area contributed by atoms with Crippen LogP contribution in [0.15, 0.2) is 18.2 Å². The van der Waals surface area contributed by atoms with Gasteiger partial charge >= 0.3 is 0 Å². The van der Waals surface area contributed by atoms with Gasteiger partial charge in [0.25, 0.3) is 0 Å². The molecule has 0 aliphatic carbocycles. The molecule has 4 heteroatoms. The molecule has 2 rings (SSSR count). The molecule has 0 amide bonds. The highest BCUT2D eigenvalue weighted by molar-refractivity contribution is 5.21. The summed E-state index contributed by atoms with van der Waals surface area (Å²) in [5, 5.41) is 3.25. The lowest BCUT2D eigenvalue weighted by atomic mass is 9.94. The molecule has 1 aromatic carbocycles. The second-order valence-corrected chi connectivity index (χ2v) is 4.25. The molecule has 3 N–H and O–H groups in total. The highest BCUT2D eigenvalue weighted by Gasteiger charge is 2.27. The van der Waals surface area contributed by atoms with E-state index < -0.39 is 11.6 Å². The molecule has 1 saturated heterocycles. The molecule has 0 spiro atoms. The van der Waals surface area contributed by atoms with Gasteiger partial charge in [0.05, 0.1) is 0 Å². The maximum Gasteiger partial charge on any atom is 0.129 e. The quantitative estimate of drug-likeness (QED) is 0.818. The zero-order chi connectivity index (χ0) is 11.5. The molecule has 2 nitrogen and oxygen atoms in total. The SMILES string of the molecule is NCC1CCNC1Cc1c(F)cccc1F. The van der Waals surface area contributed by atoms with Gasteiger partial charge in [-0.25, -0.2) is 8.78 Å². The fourth-order valence-electron chi connectivity index (χ4n) is 2.29. The Balaban J connectivity index is 2.14. The first kappa shape index (κ1) is 11.5. The molecule has 0 aromatic heterocycles. The lowest BCUT2D eigenvalue weighted by Gasteiger charge is -2.18. The summed E-state index contributed by atoms with van der Waals surface area (Å²) in [6.07, 6.45) is 1.36. The lowest BCUT2D eigenvalue weighted by molar-refractivity contribution is 0.436. The third-order valence-electron chi connectivity index (χ3n) is 3.28. The minimum Gasteiger partial charge on any atom is -0.330 e. The fraction of sp³-hybridized carbons (Fsp3) is 0.500. The average Bonchev–Trinajstić information content (AvgIpc) is 2.71. The van der Waals surface area contributed by atoms with E-state index in [-0.39, 0.29) is 11.6 Å². The number of nitrogens with one attached hydrogen (secondary N) is 1. The van der Waals surface area contributed by atoms with Crippen molar-refractivity contribution >= 4 is 0 Å². The zero-order valence-corrected chi connectivity index (χ0v) is 9.05. The van der Waals surface area contributed by atoms with Crippen molar-refractivity contribution in [1.29, 1.82) is 0 Å². The molecule has 0 saturated carbocycles. The third kappa shape index (κ3) is 2.23. The highest BCUT2D eigenvalue weighted by atomic mass is 19.1. The van der Waals surface area contributed by atoms with Gasteiger partial charge in [-0.15, -0.1) is 0 Å². The van der Waals surface area contributed by atoms with Crippen LogP contribution in [0.3, 0.4) is 0 Å². The smallest absolute Gasteiger partial charge is 0.129 e. The predicted octanol–water partition coefficient (Wildman–Crippen LogP) is 1.44. The van der Waals surface area contributed by atoms with Gasteiger partial charge in [0.2, 0.25) is 0 Å². The van der Waals surface area contributed by atoms with Gasteiger partial charge in [-0.2, -0.15) is 0 Å². The van der Waals surface area contributed by atoms with Gasteiger partial charge in [0.15, 0.2) is 0 Å². The molecule has 1 heterocycles. The summed E-state index contributed by atoms with van der Waals surface area (Å²) in [5.41, 5.74) is 5.79. The molecule has 1 aromatic rings. The van der Waals surface area contributed by atoms with Crippen LogP contribution in [0.1, 0.15) is 12.0 Å². The Labute approximate surface area is 93.8 Å². The summed E-state index contributed by atoms with van der Waals surface area (Å²) in [7, 11) is 0. The lowest BCUT2D eigenvalue weighted by Crippen LogP contribution is -2.33. The summed E-state index contributed by atoms with van der Waals surface area (Å²) >= 11 is 0. The van der Waals surface area contributed by atoms with E-state index in [9.17, 15) is 8.78 Å². The Hall–Kier alpha value is -1.00. The van der Waals surface area contributed by atoms with E-state index >= 15 is 0 Å². The molecule has 1 aliphatic rings. The standard InChI is InChI=1S/C12H16F2N2/c13-10-2-1-3-11(14)9(10)6-12-8(7-15)4-5-16-12/h1-3,8,12,16H,4-7,15H2. The van der Waals surface area contributed by atoms with Gasteiger partial charge in [-0.05, 0) is 44.0 Å². The summed E-state index contributed by atoms with van der Waals surface area (Å²) < 4.78 is 26.9. The zero-order valence-electron chi connectivity index (χ0n) is 9.05. The molecule has 2 atom stereocenters. The van der Waals surface area contributed by atoms with E-state index in [1.54, 1.807) is 0 Å². The number of halogens is 2. The first-order valence-corrected chi connectivity index (χ1v) is 5.58. The Bertz CT molecular complexity index is 348. The van der Waals surface area contributed by atoms with Crippen molar-refractivity contribution in [2.75, 3.05) is 13.1 Å². The summed E-state index contributed by atoms with van der Waals surface area (Å²) in [6, 6.07) is 4.07. The second-order valence-electron chi connectivity index (χ2n) is 4.25. The first-order valence-electron chi connectivity index (χ1n) is 5.58. The van der Waals surface area contributed by atoms with Gasteiger partial charge in [0.1, 0.15) is 11.6 Å². The molecular weight excluding hydrogens is 210 g/mol. The Morgan fingerprint density at radius 3 is 2.62 bits per heavy atom. The van der Waals surface area contributed by atoms with Crippen LogP contribution in [0.5, 0.6) is 0 Å². The Morgan fingerprint density at radius 1 is 1.31 bits per heavy atom. The molecule has 1 aliphatic heterocycles. The molecule has 16 heavy (non-hydrogen) atoms. The molecule has 1 fully saturated rings. The van der Waals surface area contributed by atoms with Crippen molar-refractivity contribution in [3.05, 3.63) is 35.4 Å².